The zero-order valence-corrected chi connectivity index (χ0v) is 14.7. The SMILES string of the molecule is CN1Cc2ccc(NC(=O)CC(CC(=O)O)c3ccccc3F)cc2C1=O. The predicted molar refractivity (Wildman–Crippen MR) is 96.9 cm³/mol. The van der Waals surface area contributed by atoms with Crippen molar-refractivity contribution in [1.29, 1.82) is 0 Å². The van der Waals surface area contributed by atoms with Crippen molar-refractivity contribution in [2.24, 2.45) is 0 Å². The first kappa shape index (κ1) is 18.6. The first-order valence-corrected chi connectivity index (χ1v) is 8.49. The summed E-state index contributed by atoms with van der Waals surface area (Å²) in [4.78, 5) is 37.2. The van der Waals surface area contributed by atoms with Crippen LogP contribution >= 0.6 is 0 Å². The maximum absolute atomic E-state index is 14.0. The summed E-state index contributed by atoms with van der Waals surface area (Å²) in [7, 11) is 1.70. The van der Waals surface area contributed by atoms with Gasteiger partial charge >= 0.3 is 5.97 Å². The predicted octanol–water partition coefficient (Wildman–Crippen LogP) is 3.00. The average molecular weight is 370 g/mol. The lowest BCUT2D eigenvalue weighted by Gasteiger charge is -2.16. The third-order valence-electron chi connectivity index (χ3n) is 4.58. The molecule has 2 amide bonds. The smallest absolute Gasteiger partial charge is 0.303 e. The molecule has 1 aliphatic heterocycles. The summed E-state index contributed by atoms with van der Waals surface area (Å²) < 4.78 is 14.0. The molecule has 0 bridgehead atoms. The van der Waals surface area contributed by atoms with E-state index >= 15 is 0 Å². The van der Waals surface area contributed by atoms with Crippen LogP contribution in [0.1, 0.15) is 40.2 Å². The Kier molecular flexibility index (Phi) is 5.21. The quantitative estimate of drug-likeness (QED) is 0.818. The van der Waals surface area contributed by atoms with E-state index in [9.17, 15) is 18.8 Å². The Hall–Kier alpha value is -3.22. The summed E-state index contributed by atoms with van der Waals surface area (Å²) in [5.41, 5.74) is 2.06. The number of carboxylic acid groups (broad SMARTS) is 1. The number of rotatable bonds is 6. The van der Waals surface area contributed by atoms with E-state index in [4.69, 9.17) is 5.11 Å². The Morgan fingerprint density at radius 1 is 1.22 bits per heavy atom. The third kappa shape index (κ3) is 4.13. The van der Waals surface area contributed by atoms with E-state index in [1.165, 1.54) is 18.2 Å². The van der Waals surface area contributed by atoms with E-state index in [-0.39, 0.29) is 24.3 Å². The van der Waals surface area contributed by atoms with Gasteiger partial charge in [-0.2, -0.15) is 0 Å². The zero-order valence-electron chi connectivity index (χ0n) is 14.7. The van der Waals surface area contributed by atoms with Crippen LogP contribution in [0.4, 0.5) is 10.1 Å². The second-order valence-electron chi connectivity index (χ2n) is 6.60. The molecule has 1 aliphatic rings. The molecule has 0 saturated carbocycles. The van der Waals surface area contributed by atoms with Crippen molar-refractivity contribution in [3.63, 3.8) is 0 Å². The highest BCUT2D eigenvalue weighted by atomic mass is 19.1. The number of carbonyl (C=O) groups is 3. The number of hydrogen-bond acceptors (Lipinski definition) is 3. The molecule has 7 heteroatoms. The molecule has 0 radical (unpaired) electrons. The molecule has 2 aromatic carbocycles. The summed E-state index contributed by atoms with van der Waals surface area (Å²) in [5.74, 6) is -2.99. The molecule has 0 fully saturated rings. The molecule has 1 atom stereocenters. The average Bonchev–Trinajstić information content (AvgIpc) is 2.89. The fraction of sp³-hybridized carbons (Fsp3) is 0.250. The van der Waals surface area contributed by atoms with Crippen molar-refractivity contribution >= 4 is 23.5 Å². The number of carboxylic acids is 1. The summed E-state index contributed by atoms with van der Waals surface area (Å²) in [6.07, 6.45) is -0.542. The van der Waals surface area contributed by atoms with Crippen LogP contribution < -0.4 is 5.32 Å². The molecule has 3 rings (SSSR count). The monoisotopic (exact) mass is 370 g/mol. The van der Waals surface area contributed by atoms with Crippen LogP contribution in [0.25, 0.3) is 0 Å². The number of benzene rings is 2. The number of carbonyl (C=O) groups excluding carboxylic acids is 2. The van der Waals surface area contributed by atoms with E-state index in [1.807, 2.05) is 0 Å². The molecule has 0 saturated heterocycles. The fourth-order valence-corrected chi connectivity index (χ4v) is 3.27. The first-order chi connectivity index (χ1) is 12.8. The highest BCUT2D eigenvalue weighted by molar-refractivity contribution is 6.00. The largest absolute Gasteiger partial charge is 0.481 e. The van der Waals surface area contributed by atoms with Crippen molar-refractivity contribution in [3.05, 3.63) is 65.0 Å². The standard InChI is InChI=1S/C20H19FN2O4/c1-23-11-12-6-7-14(10-16(12)20(23)27)22-18(24)8-13(9-19(25)26)15-4-2-3-5-17(15)21/h2-7,10,13H,8-9,11H2,1H3,(H,22,24)(H,25,26). The van der Waals surface area contributed by atoms with Crippen LogP contribution in [0, 0.1) is 5.82 Å². The summed E-state index contributed by atoms with van der Waals surface area (Å²) >= 11 is 0. The van der Waals surface area contributed by atoms with Gasteiger partial charge in [0.05, 0.1) is 6.42 Å². The van der Waals surface area contributed by atoms with Crippen LogP contribution in [0.2, 0.25) is 0 Å². The molecule has 1 unspecified atom stereocenters. The van der Waals surface area contributed by atoms with Gasteiger partial charge in [0.1, 0.15) is 5.82 Å². The van der Waals surface area contributed by atoms with E-state index in [2.05, 4.69) is 5.32 Å². The maximum atomic E-state index is 14.0. The Bertz CT molecular complexity index is 913. The Morgan fingerprint density at radius 2 is 1.96 bits per heavy atom. The third-order valence-corrected chi connectivity index (χ3v) is 4.58. The number of anilines is 1. The van der Waals surface area contributed by atoms with Crippen molar-refractivity contribution in [1.82, 2.24) is 4.90 Å². The minimum Gasteiger partial charge on any atom is -0.481 e. The number of halogens is 1. The lowest BCUT2D eigenvalue weighted by molar-refractivity contribution is -0.137. The Balaban J connectivity index is 1.74. The summed E-state index contributed by atoms with van der Waals surface area (Å²) in [6, 6.07) is 10.9. The van der Waals surface area contributed by atoms with Crippen LogP contribution in [-0.2, 0) is 16.1 Å². The zero-order chi connectivity index (χ0) is 19.6. The van der Waals surface area contributed by atoms with E-state index in [0.29, 0.717) is 17.8 Å². The van der Waals surface area contributed by atoms with Crippen LogP contribution in [0.3, 0.4) is 0 Å². The van der Waals surface area contributed by atoms with Crippen LogP contribution in [0.5, 0.6) is 0 Å². The number of hydrogen-bond donors (Lipinski definition) is 2. The molecule has 1 heterocycles. The topological polar surface area (TPSA) is 86.7 Å². The van der Waals surface area contributed by atoms with E-state index < -0.39 is 23.6 Å². The number of fused-ring (bicyclic) bond motifs is 1. The highest BCUT2D eigenvalue weighted by Crippen LogP contribution is 2.28. The van der Waals surface area contributed by atoms with Gasteiger partial charge in [0.15, 0.2) is 0 Å². The normalized spacial score (nSPS) is 14.0. The van der Waals surface area contributed by atoms with Crippen LogP contribution in [-0.4, -0.2) is 34.8 Å². The maximum Gasteiger partial charge on any atom is 0.303 e. The Labute approximate surface area is 155 Å². The molecule has 140 valence electrons. The van der Waals surface area contributed by atoms with E-state index in [0.717, 1.165) is 5.56 Å². The second-order valence-corrected chi connectivity index (χ2v) is 6.60. The molecule has 2 N–H and O–H groups in total. The molecule has 27 heavy (non-hydrogen) atoms. The van der Waals surface area contributed by atoms with Gasteiger partial charge in [-0.1, -0.05) is 24.3 Å². The number of aliphatic carboxylic acids is 1. The van der Waals surface area contributed by atoms with Crippen molar-refractivity contribution in [2.75, 3.05) is 12.4 Å². The summed E-state index contributed by atoms with van der Waals surface area (Å²) in [5, 5.41) is 11.8. The molecule has 0 spiro atoms. The van der Waals surface area contributed by atoms with Crippen molar-refractivity contribution in [2.45, 2.75) is 25.3 Å². The molecule has 2 aromatic rings. The fourth-order valence-electron chi connectivity index (χ4n) is 3.27. The molecule has 0 aliphatic carbocycles. The minimum atomic E-state index is -1.11. The lowest BCUT2D eigenvalue weighted by atomic mass is 9.91. The Morgan fingerprint density at radius 3 is 2.67 bits per heavy atom. The van der Waals surface area contributed by atoms with Gasteiger partial charge in [0, 0.05) is 37.2 Å². The number of nitrogens with one attached hydrogen (secondary N) is 1. The van der Waals surface area contributed by atoms with Gasteiger partial charge in [-0.15, -0.1) is 0 Å². The number of amides is 2. The second kappa shape index (κ2) is 7.57. The summed E-state index contributed by atoms with van der Waals surface area (Å²) in [6.45, 7) is 0.524. The highest BCUT2D eigenvalue weighted by Gasteiger charge is 2.25. The first-order valence-electron chi connectivity index (χ1n) is 8.49. The van der Waals surface area contributed by atoms with Gasteiger partial charge in [-0.05, 0) is 29.3 Å². The van der Waals surface area contributed by atoms with Gasteiger partial charge in [-0.25, -0.2) is 4.39 Å². The molecular formula is C20H19FN2O4. The van der Waals surface area contributed by atoms with Crippen LogP contribution in [0.15, 0.2) is 42.5 Å². The molecular weight excluding hydrogens is 351 g/mol. The van der Waals surface area contributed by atoms with Gasteiger partial charge in [0.25, 0.3) is 5.91 Å². The van der Waals surface area contributed by atoms with Gasteiger partial charge in [0.2, 0.25) is 5.91 Å². The van der Waals surface area contributed by atoms with E-state index in [1.54, 1.807) is 36.2 Å². The molecule has 6 nitrogen and oxygen atoms in total. The lowest BCUT2D eigenvalue weighted by Crippen LogP contribution is -2.19. The van der Waals surface area contributed by atoms with Crippen molar-refractivity contribution in [3.8, 4) is 0 Å². The number of nitrogens with zero attached hydrogens (tertiary/aromatic N) is 1. The molecule has 0 aromatic heterocycles. The van der Waals surface area contributed by atoms with Gasteiger partial charge < -0.3 is 15.3 Å². The van der Waals surface area contributed by atoms with Gasteiger partial charge in [-0.3, -0.25) is 14.4 Å². The minimum absolute atomic E-state index is 0.115. The van der Waals surface area contributed by atoms with Crippen molar-refractivity contribution < 1.29 is 23.9 Å².